The minimum absolute atomic E-state index is 0.299. The summed E-state index contributed by atoms with van der Waals surface area (Å²) in [7, 11) is -5.20. The summed E-state index contributed by atoms with van der Waals surface area (Å²) in [6.07, 6.45) is 4.05. The van der Waals surface area contributed by atoms with Crippen LogP contribution in [0.15, 0.2) is 0 Å². The van der Waals surface area contributed by atoms with E-state index in [0.29, 0.717) is 19.3 Å². The Labute approximate surface area is 130 Å². The number of hydrogen-bond donors (Lipinski definition) is 0. The summed E-state index contributed by atoms with van der Waals surface area (Å²) >= 11 is 0. The highest BCUT2D eigenvalue weighted by atomic mass is 28.5. The molecule has 21 heavy (non-hydrogen) atoms. The zero-order chi connectivity index (χ0) is 15.3. The standard InChI is InChI=1S/C12H27F3O3Si3/c13-7-1-4-10-19-16-20(11-5-2-8-14)18-21(17-19)12-6-3-9-15/h19-21H,1-12H2. The van der Waals surface area contributed by atoms with Crippen molar-refractivity contribution in [3.8, 4) is 0 Å². The monoisotopic (exact) mass is 360 g/mol. The van der Waals surface area contributed by atoms with Gasteiger partial charge in [0.25, 0.3) is 0 Å². The van der Waals surface area contributed by atoms with Gasteiger partial charge in [-0.2, -0.15) is 0 Å². The molecular formula is C12H27F3O3Si3. The summed E-state index contributed by atoms with van der Waals surface area (Å²) in [5, 5.41) is 0. The molecule has 1 saturated heterocycles. The van der Waals surface area contributed by atoms with E-state index in [1.54, 1.807) is 0 Å². The van der Waals surface area contributed by atoms with Gasteiger partial charge in [-0.25, -0.2) is 0 Å². The van der Waals surface area contributed by atoms with E-state index in [4.69, 9.17) is 12.3 Å². The maximum Gasteiger partial charge on any atom is 0.303 e. The molecule has 0 aromatic rings. The number of rotatable bonds is 12. The molecule has 0 amide bonds. The summed E-state index contributed by atoms with van der Waals surface area (Å²) in [5.41, 5.74) is 0. The van der Waals surface area contributed by atoms with Gasteiger partial charge >= 0.3 is 27.9 Å². The van der Waals surface area contributed by atoms with Crippen molar-refractivity contribution in [1.29, 1.82) is 0 Å². The van der Waals surface area contributed by atoms with Gasteiger partial charge in [0.05, 0.1) is 20.0 Å². The Morgan fingerprint density at radius 2 is 0.762 bits per heavy atom. The van der Waals surface area contributed by atoms with Gasteiger partial charge in [0.1, 0.15) is 0 Å². The molecule has 1 aliphatic heterocycles. The third kappa shape index (κ3) is 9.14. The number of alkyl halides is 3. The SMILES string of the molecule is FCCCC[SiH]1O[SiH](CCCCF)O[SiH](CCCCF)O1. The normalized spacial score (nSPS) is 26.1. The van der Waals surface area contributed by atoms with Crippen molar-refractivity contribution in [2.75, 3.05) is 20.0 Å². The van der Waals surface area contributed by atoms with Gasteiger partial charge in [0.2, 0.25) is 0 Å². The number of halogens is 3. The predicted molar refractivity (Wildman–Crippen MR) is 84.8 cm³/mol. The molecule has 0 atom stereocenters. The van der Waals surface area contributed by atoms with Gasteiger partial charge in [0, 0.05) is 0 Å². The summed E-state index contributed by atoms with van der Waals surface area (Å²) in [4.78, 5) is 0. The van der Waals surface area contributed by atoms with Crippen LogP contribution in [-0.2, 0) is 12.3 Å². The third-order valence-corrected chi connectivity index (χ3v) is 13.3. The van der Waals surface area contributed by atoms with Crippen LogP contribution >= 0.6 is 0 Å². The van der Waals surface area contributed by atoms with Crippen LogP contribution in [0.3, 0.4) is 0 Å². The van der Waals surface area contributed by atoms with E-state index in [2.05, 4.69) is 0 Å². The van der Waals surface area contributed by atoms with Crippen LogP contribution < -0.4 is 0 Å². The summed E-state index contributed by atoms with van der Waals surface area (Å²) in [6, 6.07) is 2.48. The zero-order valence-electron chi connectivity index (χ0n) is 12.6. The molecule has 0 saturated carbocycles. The van der Waals surface area contributed by atoms with Crippen LogP contribution in [0.4, 0.5) is 13.2 Å². The van der Waals surface area contributed by atoms with Gasteiger partial charge in [0.15, 0.2) is 0 Å². The lowest BCUT2D eigenvalue weighted by molar-refractivity contribution is 0.274. The van der Waals surface area contributed by atoms with Gasteiger partial charge in [-0.15, -0.1) is 0 Å². The Kier molecular flexibility index (Phi) is 11.8. The molecule has 0 N–H and O–H groups in total. The van der Waals surface area contributed by atoms with Crippen LogP contribution in [0.5, 0.6) is 0 Å². The Balaban J connectivity index is 2.35. The van der Waals surface area contributed by atoms with Crippen molar-refractivity contribution in [2.45, 2.75) is 56.7 Å². The molecule has 0 radical (unpaired) electrons. The van der Waals surface area contributed by atoms with Gasteiger partial charge < -0.3 is 12.3 Å². The molecule has 0 aromatic heterocycles. The van der Waals surface area contributed by atoms with E-state index in [-0.39, 0.29) is 20.0 Å². The van der Waals surface area contributed by atoms with Crippen molar-refractivity contribution >= 4 is 27.9 Å². The van der Waals surface area contributed by atoms with Crippen LogP contribution in [0.25, 0.3) is 0 Å². The molecular weight excluding hydrogens is 333 g/mol. The number of unbranched alkanes of at least 4 members (excludes halogenated alkanes) is 3. The van der Waals surface area contributed by atoms with Crippen LogP contribution in [-0.4, -0.2) is 47.9 Å². The average Bonchev–Trinajstić information content (AvgIpc) is 2.48. The van der Waals surface area contributed by atoms with Gasteiger partial charge in [-0.05, 0) is 56.7 Å². The Morgan fingerprint density at radius 1 is 0.476 bits per heavy atom. The zero-order valence-corrected chi connectivity index (χ0v) is 16.0. The van der Waals surface area contributed by atoms with Crippen LogP contribution in [0.1, 0.15) is 38.5 Å². The van der Waals surface area contributed by atoms with Crippen molar-refractivity contribution in [3.05, 3.63) is 0 Å². The van der Waals surface area contributed by atoms with E-state index in [9.17, 15) is 13.2 Å². The topological polar surface area (TPSA) is 27.7 Å². The first-order valence-electron chi connectivity index (χ1n) is 7.94. The van der Waals surface area contributed by atoms with E-state index in [1.165, 1.54) is 0 Å². The first-order valence-corrected chi connectivity index (χ1v) is 13.2. The first kappa shape index (κ1) is 19.4. The average molecular weight is 361 g/mol. The lowest BCUT2D eigenvalue weighted by Crippen LogP contribution is -2.48. The third-order valence-electron chi connectivity index (χ3n) is 3.38. The van der Waals surface area contributed by atoms with Crippen molar-refractivity contribution < 1.29 is 25.5 Å². The number of hydrogen-bond acceptors (Lipinski definition) is 3. The molecule has 0 unspecified atom stereocenters. The molecule has 0 aliphatic carbocycles. The van der Waals surface area contributed by atoms with Crippen LogP contribution in [0, 0.1) is 0 Å². The van der Waals surface area contributed by atoms with E-state index in [0.717, 1.165) is 37.4 Å². The lowest BCUT2D eigenvalue weighted by Gasteiger charge is -2.34. The molecule has 9 heteroatoms. The predicted octanol–water partition coefficient (Wildman–Crippen LogP) is 2.96. The van der Waals surface area contributed by atoms with Crippen molar-refractivity contribution in [3.63, 3.8) is 0 Å². The second-order valence-electron chi connectivity index (χ2n) is 5.25. The minimum atomic E-state index is -1.73. The highest BCUT2D eigenvalue weighted by Gasteiger charge is 2.33. The smallest absolute Gasteiger partial charge is 0.303 e. The van der Waals surface area contributed by atoms with E-state index in [1.807, 2.05) is 0 Å². The molecule has 0 bridgehead atoms. The molecule has 3 nitrogen and oxygen atoms in total. The maximum atomic E-state index is 12.2. The molecule has 1 fully saturated rings. The molecule has 1 heterocycles. The fraction of sp³-hybridized carbons (Fsp3) is 1.00. The maximum absolute atomic E-state index is 12.2. The second kappa shape index (κ2) is 12.8. The lowest BCUT2D eigenvalue weighted by atomic mass is 10.4. The second-order valence-corrected chi connectivity index (χ2v) is 12.8. The Morgan fingerprint density at radius 3 is 1.00 bits per heavy atom. The molecule has 1 rings (SSSR count). The van der Waals surface area contributed by atoms with E-state index < -0.39 is 27.9 Å². The summed E-state index contributed by atoms with van der Waals surface area (Å²) in [5.74, 6) is 0. The summed E-state index contributed by atoms with van der Waals surface area (Å²) < 4.78 is 54.4. The molecule has 126 valence electrons. The Bertz CT molecular complexity index is 211. The molecule has 1 aliphatic rings. The fourth-order valence-corrected chi connectivity index (χ4v) is 13.9. The van der Waals surface area contributed by atoms with Crippen molar-refractivity contribution in [2.24, 2.45) is 0 Å². The Hall–Kier alpha value is 0.321. The molecule has 0 spiro atoms. The highest BCUT2D eigenvalue weighted by molar-refractivity contribution is 6.73. The van der Waals surface area contributed by atoms with Gasteiger partial charge in [-0.1, -0.05) is 0 Å². The van der Waals surface area contributed by atoms with E-state index >= 15 is 0 Å². The fourth-order valence-electron chi connectivity index (χ4n) is 2.23. The molecule has 0 aromatic carbocycles. The largest absolute Gasteiger partial charge is 0.420 e. The quantitative estimate of drug-likeness (QED) is 0.396. The van der Waals surface area contributed by atoms with Gasteiger partial charge in [-0.3, -0.25) is 13.2 Å². The van der Waals surface area contributed by atoms with Crippen molar-refractivity contribution in [1.82, 2.24) is 0 Å². The van der Waals surface area contributed by atoms with Crippen LogP contribution in [0.2, 0.25) is 18.1 Å². The minimum Gasteiger partial charge on any atom is -0.420 e. The summed E-state index contributed by atoms with van der Waals surface area (Å²) in [6.45, 7) is -0.898. The first-order chi connectivity index (χ1) is 10.3. The highest BCUT2D eigenvalue weighted by Crippen LogP contribution is 2.20.